The molecule has 1 aromatic carbocycles. The van der Waals surface area contributed by atoms with Crippen LogP contribution in [0.1, 0.15) is 17.3 Å². The van der Waals surface area contributed by atoms with Gasteiger partial charge in [-0.05, 0) is 24.3 Å². The number of ketones is 1. The Morgan fingerprint density at radius 3 is 2.32 bits per heavy atom. The van der Waals surface area contributed by atoms with E-state index in [-0.39, 0.29) is 12.5 Å². The van der Waals surface area contributed by atoms with Crippen LogP contribution < -0.4 is 5.32 Å². The summed E-state index contributed by atoms with van der Waals surface area (Å²) < 4.78 is 4.82. The van der Waals surface area contributed by atoms with Crippen molar-refractivity contribution in [2.24, 2.45) is 0 Å². The van der Waals surface area contributed by atoms with Gasteiger partial charge in [0.05, 0.1) is 0 Å². The van der Waals surface area contributed by atoms with Crippen LogP contribution in [0.5, 0.6) is 0 Å². The first kappa shape index (κ1) is 18.1. The highest BCUT2D eigenvalue weighted by Crippen LogP contribution is 2.11. The fourth-order valence-corrected chi connectivity index (χ4v) is 2.17. The first-order valence-corrected chi connectivity index (χ1v) is 7.40. The van der Waals surface area contributed by atoms with E-state index in [9.17, 15) is 24.0 Å². The molecule has 2 rings (SSSR count). The lowest BCUT2D eigenvalue weighted by atomic mass is 10.1. The van der Waals surface area contributed by atoms with Crippen molar-refractivity contribution >= 4 is 35.3 Å². The van der Waals surface area contributed by atoms with E-state index in [1.807, 2.05) is 0 Å². The molecule has 0 atom stereocenters. The number of esters is 1. The largest absolute Gasteiger partial charge is 0.456 e. The summed E-state index contributed by atoms with van der Waals surface area (Å²) in [6.07, 6.45) is 0. The van der Waals surface area contributed by atoms with E-state index in [1.54, 1.807) is 12.1 Å². The lowest BCUT2D eigenvalue weighted by Gasteiger charge is -2.13. The maximum absolute atomic E-state index is 12.0. The Balaban J connectivity index is 1.85. The molecule has 9 nitrogen and oxygen atoms in total. The molecule has 9 heteroatoms. The molecule has 1 heterocycles. The number of anilines is 1. The molecule has 1 aromatic rings. The summed E-state index contributed by atoms with van der Waals surface area (Å²) in [4.78, 5) is 59.8. The SMILES string of the molecule is CC(=O)Nc1ccc(C(=O)COC(=O)CN2C(=O)CN(C)C2=O)cc1. The molecule has 0 unspecified atom stereocenters. The van der Waals surface area contributed by atoms with Crippen LogP contribution >= 0.6 is 0 Å². The van der Waals surface area contributed by atoms with Crippen LogP contribution in [0.3, 0.4) is 0 Å². The van der Waals surface area contributed by atoms with Gasteiger partial charge in [0.25, 0.3) is 5.91 Å². The first-order valence-electron chi connectivity index (χ1n) is 7.40. The van der Waals surface area contributed by atoms with Crippen LogP contribution in [0.4, 0.5) is 10.5 Å². The topological polar surface area (TPSA) is 113 Å². The number of Topliss-reactive ketones (excluding diaryl/α,β-unsaturated/α-hetero) is 1. The number of rotatable bonds is 6. The van der Waals surface area contributed by atoms with Gasteiger partial charge < -0.3 is 15.0 Å². The third kappa shape index (κ3) is 4.63. The third-order valence-electron chi connectivity index (χ3n) is 3.41. The second-order valence-electron chi connectivity index (χ2n) is 5.46. The number of amides is 4. The average molecular weight is 347 g/mol. The lowest BCUT2D eigenvalue weighted by Crippen LogP contribution is -2.37. The van der Waals surface area contributed by atoms with Gasteiger partial charge in [-0.25, -0.2) is 4.79 Å². The van der Waals surface area contributed by atoms with Crippen molar-refractivity contribution in [3.8, 4) is 0 Å². The number of benzene rings is 1. The Kier molecular flexibility index (Phi) is 5.48. The van der Waals surface area contributed by atoms with Gasteiger partial charge in [-0.3, -0.25) is 24.1 Å². The molecule has 0 radical (unpaired) electrons. The van der Waals surface area contributed by atoms with Crippen molar-refractivity contribution in [3.05, 3.63) is 29.8 Å². The van der Waals surface area contributed by atoms with E-state index in [0.29, 0.717) is 11.3 Å². The van der Waals surface area contributed by atoms with Crippen molar-refractivity contribution in [2.45, 2.75) is 6.92 Å². The zero-order chi connectivity index (χ0) is 18.6. The van der Waals surface area contributed by atoms with E-state index < -0.39 is 36.8 Å². The first-order chi connectivity index (χ1) is 11.8. The monoisotopic (exact) mass is 347 g/mol. The maximum atomic E-state index is 12.0. The summed E-state index contributed by atoms with van der Waals surface area (Å²) in [5.41, 5.74) is 0.839. The zero-order valence-corrected chi connectivity index (χ0v) is 13.8. The van der Waals surface area contributed by atoms with Crippen molar-refractivity contribution < 1.29 is 28.7 Å². The number of carbonyl (C=O) groups is 5. The summed E-state index contributed by atoms with van der Waals surface area (Å²) in [7, 11) is 1.44. The second kappa shape index (κ2) is 7.56. The fourth-order valence-electron chi connectivity index (χ4n) is 2.17. The molecule has 1 fully saturated rings. The van der Waals surface area contributed by atoms with Crippen LogP contribution in [0, 0.1) is 0 Å². The van der Waals surface area contributed by atoms with E-state index in [4.69, 9.17) is 4.74 Å². The van der Waals surface area contributed by atoms with Gasteiger partial charge in [-0.2, -0.15) is 0 Å². The molecule has 1 aliphatic rings. The molecule has 1 N–H and O–H groups in total. The molecular formula is C16H17N3O6. The smallest absolute Gasteiger partial charge is 0.327 e. The number of nitrogens with one attached hydrogen (secondary N) is 1. The molecule has 25 heavy (non-hydrogen) atoms. The number of urea groups is 1. The molecule has 1 saturated heterocycles. The molecule has 0 spiro atoms. The van der Waals surface area contributed by atoms with E-state index in [0.717, 1.165) is 4.90 Å². The van der Waals surface area contributed by atoms with Gasteiger partial charge in [-0.15, -0.1) is 0 Å². The average Bonchev–Trinajstić information content (AvgIpc) is 2.79. The summed E-state index contributed by atoms with van der Waals surface area (Å²) >= 11 is 0. The van der Waals surface area contributed by atoms with Gasteiger partial charge >= 0.3 is 12.0 Å². The molecule has 0 saturated carbocycles. The summed E-state index contributed by atoms with van der Waals surface area (Å²) in [5, 5.41) is 2.56. The number of hydrogen-bond acceptors (Lipinski definition) is 6. The molecule has 4 amide bonds. The minimum absolute atomic E-state index is 0.0916. The van der Waals surface area contributed by atoms with Crippen molar-refractivity contribution in [3.63, 3.8) is 0 Å². The molecule has 0 bridgehead atoms. The van der Waals surface area contributed by atoms with Gasteiger partial charge in [0.15, 0.2) is 12.4 Å². The lowest BCUT2D eigenvalue weighted by molar-refractivity contribution is -0.145. The molecule has 0 aromatic heterocycles. The van der Waals surface area contributed by atoms with Gasteiger partial charge in [0, 0.05) is 25.2 Å². The highest BCUT2D eigenvalue weighted by atomic mass is 16.5. The Hall–Kier alpha value is -3.23. The van der Waals surface area contributed by atoms with Crippen molar-refractivity contribution in [2.75, 3.05) is 32.1 Å². The number of ether oxygens (including phenoxy) is 1. The van der Waals surface area contributed by atoms with Crippen LogP contribution in [0.25, 0.3) is 0 Å². The maximum Gasteiger partial charge on any atom is 0.327 e. The zero-order valence-electron chi connectivity index (χ0n) is 13.8. The molecule has 0 aliphatic carbocycles. The number of likely N-dealkylation sites (N-methyl/N-ethyl adjacent to an activating group) is 1. The Labute approximate surface area is 143 Å². The van der Waals surface area contributed by atoms with Gasteiger partial charge in [0.1, 0.15) is 13.1 Å². The standard InChI is InChI=1S/C16H17N3O6/c1-10(20)17-12-5-3-11(4-6-12)13(21)9-25-15(23)8-19-14(22)7-18(2)16(19)24/h3-6H,7-9H2,1-2H3,(H,17,20). The summed E-state index contributed by atoms with van der Waals surface area (Å²) in [6, 6.07) is 5.50. The third-order valence-corrected chi connectivity index (χ3v) is 3.41. The number of hydrogen-bond donors (Lipinski definition) is 1. The fraction of sp³-hybridized carbons (Fsp3) is 0.312. The van der Waals surface area contributed by atoms with E-state index >= 15 is 0 Å². The predicted octanol–water partition coefficient (Wildman–Crippen LogP) is 0.265. The Bertz CT molecular complexity index is 728. The number of imide groups is 1. The number of carbonyl (C=O) groups excluding carboxylic acids is 5. The Morgan fingerprint density at radius 2 is 1.80 bits per heavy atom. The summed E-state index contributed by atoms with van der Waals surface area (Å²) in [6.45, 7) is 0.235. The van der Waals surface area contributed by atoms with Crippen molar-refractivity contribution in [1.82, 2.24) is 9.80 Å². The van der Waals surface area contributed by atoms with Gasteiger partial charge in [-0.1, -0.05) is 0 Å². The normalized spacial score (nSPS) is 13.8. The second-order valence-corrected chi connectivity index (χ2v) is 5.46. The highest BCUT2D eigenvalue weighted by molar-refractivity contribution is 6.04. The van der Waals surface area contributed by atoms with Crippen LogP contribution in [-0.2, 0) is 19.1 Å². The molecule has 132 valence electrons. The van der Waals surface area contributed by atoms with Gasteiger partial charge in [0.2, 0.25) is 5.91 Å². The minimum Gasteiger partial charge on any atom is -0.456 e. The molecular weight excluding hydrogens is 330 g/mol. The predicted molar refractivity (Wildman–Crippen MR) is 85.8 cm³/mol. The van der Waals surface area contributed by atoms with E-state index in [1.165, 1.54) is 31.0 Å². The Morgan fingerprint density at radius 1 is 1.16 bits per heavy atom. The minimum atomic E-state index is -0.847. The van der Waals surface area contributed by atoms with E-state index in [2.05, 4.69) is 5.32 Å². The summed E-state index contributed by atoms with van der Waals surface area (Å²) in [5.74, 6) is -2.02. The number of nitrogens with zero attached hydrogens (tertiary/aromatic N) is 2. The quantitative estimate of drug-likeness (QED) is 0.449. The van der Waals surface area contributed by atoms with Crippen LogP contribution in [0.15, 0.2) is 24.3 Å². The highest BCUT2D eigenvalue weighted by Gasteiger charge is 2.35. The van der Waals surface area contributed by atoms with Crippen molar-refractivity contribution in [1.29, 1.82) is 0 Å². The van der Waals surface area contributed by atoms with Crippen LogP contribution in [-0.4, -0.2) is 66.1 Å². The van der Waals surface area contributed by atoms with Crippen LogP contribution in [0.2, 0.25) is 0 Å². The molecule has 1 aliphatic heterocycles.